The highest BCUT2D eigenvalue weighted by Gasteiger charge is 2.03. The van der Waals surface area contributed by atoms with E-state index in [9.17, 15) is 4.39 Å². The molecule has 2 rings (SSSR count). The van der Waals surface area contributed by atoms with E-state index in [4.69, 9.17) is 10.5 Å². The van der Waals surface area contributed by atoms with Crippen molar-refractivity contribution in [3.8, 4) is 5.75 Å². The molecule has 2 N–H and O–H groups in total. The Morgan fingerprint density at radius 3 is 2.83 bits per heavy atom. The summed E-state index contributed by atoms with van der Waals surface area (Å²) in [5, 5.41) is 0. The van der Waals surface area contributed by atoms with Gasteiger partial charge in [0.15, 0.2) is 0 Å². The summed E-state index contributed by atoms with van der Waals surface area (Å²) in [6.07, 6.45) is 1.70. The number of hydrogen-bond donors (Lipinski definition) is 1. The first kappa shape index (κ1) is 13.0. The van der Waals surface area contributed by atoms with Crippen LogP contribution in [0.4, 0.5) is 4.39 Å². The van der Waals surface area contributed by atoms with E-state index in [0.29, 0.717) is 23.4 Å². The van der Waals surface area contributed by atoms with Crippen LogP contribution in [0.25, 0.3) is 0 Å². The van der Waals surface area contributed by atoms with Crippen LogP contribution in [-0.2, 0) is 13.2 Å². The van der Waals surface area contributed by atoms with Gasteiger partial charge in [0.05, 0.1) is 10.2 Å². The molecule has 0 aliphatic heterocycles. The number of ether oxygens (including phenoxy) is 1. The maximum absolute atomic E-state index is 12.9. The standard InChI is InChI=1S/C13H12BrFN2O/c14-12-6-10(15)1-2-13(12)18-8-9-3-4-17-11(5-9)7-16/h1-6H,7-8,16H2. The normalized spacial score (nSPS) is 10.4. The van der Waals surface area contributed by atoms with Crippen molar-refractivity contribution in [2.75, 3.05) is 0 Å². The fraction of sp³-hybridized carbons (Fsp3) is 0.154. The van der Waals surface area contributed by atoms with Gasteiger partial charge in [-0.2, -0.15) is 0 Å². The zero-order valence-corrected chi connectivity index (χ0v) is 11.2. The monoisotopic (exact) mass is 310 g/mol. The Hall–Kier alpha value is -1.46. The maximum Gasteiger partial charge on any atom is 0.134 e. The minimum atomic E-state index is -0.302. The SMILES string of the molecule is NCc1cc(COc2ccc(F)cc2Br)ccn1. The van der Waals surface area contributed by atoms with Gasteiger partial charge in [-0.05, 0) is 51.8 Å². The van der Waals surface area contributed by atoms with Crippen molar-refractivity contribution in [2.24, 2.45) is 5.73 Å². The van der Waals surface area contributed by atoms with Gasteiger partial charge < -0.3 is 10.5 Å². The predicted octanol–water partition coefficient (Wildman–Crippen LogP) is 3.02. The Morgan fingerprint density at radius 2 is 2.11 bits per heavy atom. The number of pyridine rings is 1. The number of aromatic nitrogens is 1. The lowest BCUT2D eigenvalue weighted by Crippen LogP contribution is -2.02. The number of halogens is 2. The molecule has 0 saturated heterocycles. The molecule has 1 heterocycles. The lowest BCUT2D eigenvalue weighted by Gasteiger charge is -2.08. The molecule has 3 nitrogen and oxygen atoms in total. The molecule has 0 fully saturated rings. The molecule has 0 atom stereocenters. The van der Waals surface area contributed by atoms with Gasteiger partial charge in [-0.25, -0.2) is 4.39 Å². The van der Waals surface area contributed by atoms with Gasteiger partial charge in [0, 0.05) is 12.7 Å². The third-order valence-electron chi connectivity index (χ3n) is 2.38. The average molecular weight is 311 g/mol. The van der Waals surface area contributed by atoms with Crippen LogP contribution >= 0.6 is 15.9 Å². The van der Waals surface area contributed by atoms with Gasteiger partial charge in [-0.1, -0.05) is 0 Å². The van der Waals surface area contributed by atoms with Crippen LogP contribution in [0.1, 0.15) is 11.3 Å². The third-order valence-corrected chi connectivity index (χ3v) is 3.00. The van der Waals surface area contributed by atoms with Crippen LogP contribution in [0.3, 0.4) is 0 Å². The lowest BCUT2D eigenvalue weighted by atomic mass is 10.2. The predicted molar refractivity (Wildman–Crippen MR) is 70.6 cm³/mol. The number of nitrogens with two attached hydrogens (primary N) is 1. The largest absolute Gasteiger partial charge is 0.488 e. The molecular weight excluding hydrogens is 299 g/mol. The summed E-state index contributed by atoms with van der Waals surface area (Å²) in [5.74, 6) is 0.297. The van der Waals surface area contributed by atoms with Gasteiger partial charge in [-0.15, -0.1) is 0 Å². The molecule has 0 aliphatic rings. The molecule has 0 bridgehead atoms. The van der Waals surface area contributed by atoms with Crippen molar-refractivity contribution in [1.82, 2.24) is 4.98 Å². The van der Waals surface area contributed by atoms with E-state index in [0.717, 1.165) is 11.3 Å². The van der Waals surface area contributed by atoms with Gasteiger partial charge >= 0.3 is 0 Å². The second-order valence-electron chi connectivity index (χ2n) is 3.72. The Balaban J connectivity index is 2.06. The molecule has 2 aromatic rings. The van der Waals surface area contributed by atoms with Gasteiger partial charge in [0.1, 0.15) is 18.2 Å². The molecule has 5 heteroatoms. The first-order chi connectivity index (χ1) is 8.69. The Labute approximate surface area is 113 Å². The summed E-state index contributed by atoms with van der Waals surface area (Å²) in [6, 6.07) is 8.06. The lowest BCUT2D eigenvalue weighted by molar-refractivity contribution is 0.303. The molecule has 0 radical (unpaired) electrons. The summed E-state index contributed by atoms with van der Waals surface area (Å²) in [6.45, 7) is 0.786. The molecule has 0 unspecified atom stereocenters. The van der Waals surface area contributed by atoms with Gasteiger partial charge in [0.2, 0.25) is 0 Å². The van der Waals surface area contributed by atoms with E-state index >= 15 is 0 Å². The van der Waals surface area contributed by atoms with Gasteiger partial charge in [-0.3, -0.25) is 4.98 Å². The highest BCUT2D eigenvalue weighted by Crippen LogP contribution is 2.26. The van der Waals surface area contributed by atoms with Crippen molar-refractivity contribution >= 4 is 15.9 Å². The molecule has 18 heavy (non-hydrogen) atoms. The summed E-state index contributed by atoms with van der Waals surface area (Å²) in [5.41, 5.74) is 7.30. The van der Waals surface area contributed by atoms with Crippen molar-refractivity contribution in [1.29, 1.82) is 0 Å². The average Bonchev–Trinajstić information content (AvgIpc) is 2.38. The number of rotatable bonds is 4. The van der Waals surface area contributed by atoms with Crippen LogP contribution in [0.15, 0.2) is 41.0 Å². The van der Waals surface area contributed by atoms with Crippen molar-refractivity contribution in [2.45, 2.75) is 13.2 Å². The van der Waals surface area contributed by atoms with Crippen LogP contribution in [-0.4, -0.2) is 4.98 Å². The highest BCUT2D eigenvalue weighted by atomic mass is 79.9. The first-order valence-corrected chi connectivity index (χ1v) is 6.20. The molecular formula is C13H12BrFN2O. The summed E-state index contributed by atoms with van der Waals surface area (Å²) < 4.78 is 19.1. The van der Waals surface area contributed by atoms with Crippen molar-refractivity contribution in [3.63, 3.8) is 0 Å². The number of benzene rings is 1. The fourth-order valence-corrected chi connectivity index (χ4v) is 1.95. The van der Waals surface area contributed by atoms with E-state index in [1.807, 2.05) is 12.1 Å². The van der Waals surface area contributed by atoms with E-state index in [1.54, 1.807) is 12.3 Å². The maximum atomic E-state index is 12.9. The zero-order valence-electron chi connectivity index (χ0n) is 9.57. The molecule has 94 valence electrons. The first-order valence-electron chi connectivity index (χ1n) is 5.41. The van der Waals surface area contributed by atoms with Crippen LogP contribution in [0.2, 0.25) is 0 Å². The highest BCUT2D eigenvalue weighted by molar-refractivity contribution is 9.10. The molecule has 1 aromatic heterocycles. The molecule has 0 saturated carbocycles. The summed E-state index contributed by atoms with van der Waals surface area (Å²) in [4.78, 5) is 4.10. The van der Waals surface area contributed by atoms with E-state index in [2.05, 4.69) is 20.9 Å². The summed E-state index contributed by atoms with van der Waals surface area (Å²) in [7, 11) is 0. The van der Waals surface area contributed by atoms with E-state index in [1.165, 1.54) is 12.1 Å². The van der Waals surface area contributed by atoms with Crippen molar-refractivity contribution < 1.29 is 9.13 Å². The second-order valence-corrected chi connectivity index (χ2v) is 4.58. The minimum Gasteiger partial charge on any atom is -0.488 e. The van der Waals surface area contributed by atoms with Crippen LogP contribution in [0.5, 0.6) is 5.75 Å². The molecule has 1 aromatic carbocycles. The quantitative estimate of drug-likeness (QED) is 0.944. The Bertz CT molecular complexity index is 548. The summed E-state index contributed by atoms with van der Waals surface area (Å²) >= 11 is 3.25. The number of hydrogen-bond acceptors (Lipinski definition) is 3. The zero-order chi connectivity index (χ0) is 13.0. The number of nitrogens with zero attached hydrogens (tertiary/aromatic N) is 1. The van der Waals surface area contributed by atoms with E-state index < -0.39 is 0 Å². The Kier molecular flexibility index (Phi) is 4.28. The van der Waals surface area contributed by atoms with E-state index in [-0.39, 0.29) is 5.82 Å². The Morgan fingerprint density at radius 1 is 1.28 bits per heavy atom. The smallest absolute Gasteiger partial charge is 0.134 e. The van der Waals surface area contributed by atoms with Crippen LogP contribution in [0, 0.1) is 5.82 Å². The minimum absolute atomic E-state index is 0.302. The fourth-order valence-electron chi connectivity index (χ4n) is 1.48. The topological polar surface area (TPSA) is 48.1 Å². The van der Waals surface area contributed by atoms with Crippen LogP contribution < -0.4 is 10.5 Å². The third kappa shape index (κ3) is 3.27. The molecule has 0 spiro atoms. The van der Waals surface area contributed by atoms with Crippen molar-refractivity contribution in [3.05, 3.63) is 58.1 Å². The van der Waals surface area contributed by atoms with Gasteiger partial charge in [0.25, 0.3) is 0 Å². The second kappa shape index (κ2) is 5.93. The molecule has 0 aliphatic carbocycles. The molecule has 0 amide bonds.